The molecule has 0 saturated carbocycles. The summed E-state index contributed by atoms with van der Waals surface area (Å²) in [6, 6.07) is 12.1. The fourth-order valence-electron chi connectivity index (χ4n) is 5.28. The van der Waals surface area contributed by atoms with E-state index in [9.17, 15) is 13.2 Å². The second-order valence-electron chi connectivity index (χ2n) is 8.65. The van der Waals surface area contributed by atoms with Gasteiger partial charge in [-0.1, -0.05) is 18.2 Å². The second kappa shape index (κ2) is 9.63. The summed E-state index contributed by atoms with van der Waals surface area (Å²) in [6.07, 6.45) is 3.47. The Morgan fingerprint density at radius 2 is 1.52 bits per heavy atom. The molecule has 178 valence electrons. The third-order valence-corrected chi connectivity index (χ3v) is 9.09. The molecule has 2 unspecified atom stereocenters. The number of piperidine rings is 1. The van der Waals surface area contributed by atoms with Crippen molar-refractivity contribution in [3.05, 3.63) is 48.0 Å². The maximum absolute atomic E-state index is 13.3. The second-order valence-corrected chi connectivity index (χ2v) is 10.9. The van der Waals surface area contributed by atoms with Gasteiger partial charge in [-0.15, -0.1) is 0 Å². The number of hydrogen-bond donors (Lipinski definition) is 0. The average Bonchev–Trinajstić information content (AvgIpc) is 3.11. The normalized spacial score (nSPS) is 22.2. The first-order valence-corrected chi connectivity index (χ1v) is 12.8. The molecule has 8 heteroatoms. The number of methoxy groups -OCH3 is 3. The Kier molecular flexibility index (Phi) is 6.83. The van der Waals surface area contributed by atoms with Gasteiger partial charge in [0.25, 0.3) is 0 Å². The highest BCUT2D eigenvalue weighted by molar-refractivity contribution is 7.92. The van der Waals surface area contributed by atoms with Crippen molar-refractivity contribution in [2.75, 3.05) is 21.3 Å². The molecule has 0 radical (unpaired) electrons. The summed E-state index contributed by atoms with van der Waals surface area (Å²) in [5.74, 6) is 1.92. The van der Waals surface area contributed by atoms with E-state index >= 15 is 0 Å². The number of ether oxygens (including phenoxy) is 3. The van der Waals surface area contributed by atoms with E-state index in [0.29, 0.717) is 47.8 Å². The number of fused-ring (bicyclic) bond motifs is 2. The van der Waals surface area contributed by atoms with Crippen molar-refractivity contribution in [2.45, 2.75) is 60.8 Å². The molecule has 2 saturated heterocycles. The lowest BCUT2D eigenvalue weighted by Crippen LogP contribution is -2.49. The van der Waals surface area contributed by atoms with E-state index in [2.05, 4.69) is 0 Å². The Hall–Kier alpha value is -2.74. The summed E-state index contributed by atoms with van der Waals surface area (Å²) >= 11 is 0. The van der Waals surface area contributed by atoms with Crippen LogP contribution in [0.1, 0.15) is 37.7 Å². The van der Waals surface area contributed by atoms with Gasteiger partial charge in [0, 0.05) is 36.2 Å². The Labute approximate surface area is 195 Å². The van der Waals surface area contributed by atoms with Crippen LogP contribution < -0.4 is 14.2 Å². The van der Waals surface area contributed by atoms with E-state index in [-0.39, 0.29) is 18.0 Å². The molecule has 0 spiro atoms. The Bertz CT molecular complexity index is 1060. The molecule has 2 aliphatic heterocycles. The van der Waals surface area contributed by atoms with Crippen LogP contribution in [0.3, 0.4) is 0 Å². The van der Waals surface area contributed by atoms with Crippen LogP contribution in [0.4, 0.5) is 0 Å². The summed E-state index contributed by atoms with van der Waals surface area (Å²) in [4.78, 5) is 15.6. The van der Waals surface area contributed by atoms with Crippen molar-refractivity contribution in [1.82, 2.24) is 4.90 Å². The first kappa shape index (κ1) is 23.4. The molecule has 2 aromatic carbocycles. The minimum Gasteiger partial charge on any atom is -0.496 e. The first-order chi connectivity index (χ1) is 15.9. The minimum absolute atomic E-state index is 0.0283. The molecular weight excluding hydrogens is 442 g/mol. The fourth-order valence-corrected chi connectivity index (χ4v) is 7.15. The molecule has 2 fully saturated rings. The maximum Gasteiger partial charge on any atom is 0.223 e. The molecule has 2 aromatic rings. The quantitative estimate of drug-likeness (QED) is 0.582. The number of amides is 1. The molecule has 4 rings (SSSR count). The zero-order chi connectivity index (χ0) is 23.6. The summed E-state index contributed by atoms with van der Waals surface area (Å²) in [5.41, 5.74) is 0.822. The van der Waals surface area contributed by atoms with Gasteiger partial charge in [-0.2, -0.15) is 0 Å². The number of sulfone groups is 1. The average molecular weight is 474 g/mol. The monoisotopic (exact) mass is 473 g/mol. The van der Waals surface area contributed by atoms with Crippen LogP contribution in [0.5, 0.6) is 17.2 Å². The predicted octanol–water partition coefficient (Wildman–Crippen LogP) is 3.64. The highest BCUT2D eigenvalue weighted by Gasteiger charge is 2.46. The van der Waals surface area contributed by atoms with Crippen LogP contribution in [0.15, 0.2) is 47.4 Å². The van der Waals surface area contributed by atoms with Gasteiger partial charge < -0.3 is 19.1 Å². The van der Waals surface area contributed by atoms with Crippen LogP contribution in [0.2, 0.25) is 0 Å². The van der Waals surface area contributed by atoms with E-state index in [4.69, 9.17) is 14.2 Å². The highest BCUT2D eigenvalue weighted by Crippen LogP contribution is 2.41. The first-order valence-electron chi connectivity index (χ1n) is 11.3. The number of benzene rings is 2. The summed E-state index contributed by atoms with van der Waals surface area (Å²) in [5, 5.41) is -0.441. The Balaban J connectivity index is 1.46. The van der Waals surface area contributed by atoms with Crippen LogP contribution in [-0.2, 0) is 21.1 Å². The summed E-state index contributed by atoms with van der Waals surface area (Å²) < 4.78 is 42.6. The molecule has 2 atom stereocenters. The van der Waals surface area contributed by atoms with Crippen molar-refractivity contribution in [2.24, 2.45) is 0 Å². The molecule has 7 nitrogen and oxygen atoms in total. The Morgan fingerprint density at radius 1 is 0.939 bits per heavy atom. The van der Waals surface area contributed by atoms with Gasteiger partial charge in [-0.3, -0.25) is 4.79 Å². The van der Waals surface area contributed by atoms with Crippen molar-refractivity contribution in [1.29, 1.82) is 0 Å². The summed E-state index contributed by atoms with van der Waals surface area (Å²) in [6.45, 7) is 0. The third-order valence-electron chi connectivity index (χ3n) is 6.89. The van der Waals surface area contributed by atoms with Gasteiger partial charge in [0.2, 0.25) is 5.91 Å². The predicted molar refractivity (Wildman–Crippen MR) is 125 cm³/mol. The topological polar surface area (TPSA) is 82.1 Å². The lowest BCUT2D eigenvalue weighted by atomic mass is 10.00. The molecular formula is C25H31NO6S. The fraction of sp³-hybridized carbons (Fsp3) is 0.480. The van der Waals surface area contributed by atoms with Crippen LogP contribution in [0.25, 0.3) is 0 Å². The minimum atomic E-state index is -3.40. The van der Waals surface area contributed by atoms with E-state index in [1.165, 1.54) is 0 Å². The van der Waals surface area contributed by atoms with E-state index in [1.54, 1.807) is 57.7 Å². The van der Waals surface area contributed by atoms with Gasteiger partial charge in [0.05, 0.1) is 31.5 Å². The molecule has 2 bridgehead atoms. The maximum atomic E-state index is 13.3. The Morgan fingerprint density at radius 3 is 2.03 bits per heavy atom. The van der Waals surface area contributed by atoms with Crippen LogP contribution in [0, 0.1) is 0 Å². The van der Waals surface area contributed by atoms with E-state index in [0.717, 1.165) is 18.4 Å². The van der Waals surface area contributed by atoms with Crippen LogP contribution in [-0.4, -0.2) is 57.9 Å². The largest absolute Gasteiger partial charge is 0.496 e. The lowest BCUT2D eigenvalue weighted by Gasteiger charge is -2.39. The number of rotatable bonds is 8. The van der Waals surface area contributed by atoms with Crippen LogP contribution >= 0.6 is 0 Å². The van der Waals surface area contributed by atoms with Gasteiger partial charge in [0.15, 0.2) is 9.84 Å². The molecule has 0 aliphatic carbocycles. The van der Waals surface area contributed by atoms with Gasteiger partial charge in [0.1, 0.15) is 17.2 Å². The van der Waals surface area contributed by atoms with Gasteiger partial charge in [-0.05, 0) is 44.2 Å². The van der Waals surface area contributed by atoms with Gasteiger partial charge >= 0.3 is 0 Å². The molecule has 2 aliphatic rings. The molecule has 1 amide bonds. The van der Waals surface area contributed by atoms with Crippen molar-refractivity contribution >= 4 is 15.7 Å². The number of carbonyl (C=O) groups excluding carboxylic acids is 1. The standard InChI is InChI=1S/C25H31NO6S/c1-30-19-15-23(31-2)22(24(16-19)32-3)11-12-25(27)26-17-9-10-18(26)14-21(13-17)33(28,29)20-7-5-4-6-8-20/h4-8,15-18,21H,9-14H2,1-3H3. The molecule has 0 aromatic heterocycles. The molecule has 0 N–H and O–H groups in total. The molecule has 2 heterocycles. The van der Waals surface area contributed by atoms with Gasteiger partial charge in [-0.25, -0.2) is 8.42 Å². The smallest absolute Gasteiger partial charge is 0.223 e. The number of hydrogen-bond acceptors (Lipinski definition) is 6. The summed E-state index contributed by atoms with van der Waals surface area (Å²) in [7, 11) is 1.34. The lowest BCUT2D eigenvalue weighted by molar-refractivity contribution is -0.135. The van der Waals surface area contributed by atoms with E-state index < -0.39 is 15.1 Å². The van der Waals surface area contributed by atoms with Crippen molar-refractivity contribution in [3.8, 4) is 17.2 Å². The zero-order valence-corrected chi connectivity index (χ0v) is 20.1. The SMILES string of the molecule is COc1cc(OC)c(CCC(=O)N2C3CCC2CC(S(=O)(=O)c2ccccc2)C3)c(OC)c1. The van der Waals surface area contributed by atoms with Crippen molar-refractivity contribution in [3.63, 3.8) is 0 Å². The highest BCUT2D eigenvalue weighted by atomic mass is 32.2. The van der Waals surface area contributed by atoms with E-state index in [1.807, 2.05) is 11.0 Å². The third kappa shape index (κ3) is 4.53. The number of carbonyl (C=O) groups is 1. The van der Waals surface area contributed by atoms with Crippen molar-refractivity contribution < 1.29 is 27.4 Å². The zero-order valence-electron chi connectivity index (χ0n) is 19.3. The number of nitrogens with zero attached hydrogens (tertiary/aromatic N) is 1. The molecule has 33 heavy (non-hydrogen) atoms.